The van der Waals surface area contributed by atoms with E-state index in [1.807, 2.05) is 0 Å². The van der Waals surface area contributed by atoms with E-state index in [9.17, 15) is 0 Å². The van der Waals surface area contributed by atoms with E-state index in [2.05, 4.69) is 37.4 Å². The van der Waals surface area contributed by atoms with Crippen molar-refractivity contribution in [2.24, 2.45) is 5.41 Å². The summed E-state index contributed by atoms with van der Waals surface area (Å²) in [7, 11) is 1.50. The van der Waals surface area contributed by atoms with Crippen molar-refractivity contribution in [1.82, 2.24) is 10.3 Å². The van der Waals surface area contributed by atoms with E-state index in [1.54, 1.807) is 24.0 Å². The number of hydrogen-bond acceptors (Lipinski definition) is 7. The van der Waals surface area contributed by atoms with E-state index in [0.717, 1.165) is 13.1 Å². The molecule has 3 N–H and O–H groups in total. The standard InChI is InChI=1S/C26H25Cl2F2IN5O2P/c1-13(23-16(27)7-33-8-17(23)28)38-22-5-15(20(35-39-31)6-21(22)37-2)24(32)14-3-18(29)25(19(30)4-14)36-11-26(12-36)9-34-10-26/h3-8,13,32,34-35,39H,9-12H2,1-2H3/t13-/m1/s1. The van der Waals surface area contributed by atoms with Crippen molar-refractivity contribution in [2.45, 2.75) is 13.0 Å². The van der Waals surface area contributed by atoms with Gasteiger partial charge in [0.1, 0.15) is 23.4 Å². The number of halogens is 5. The summed E-state index contributed by atoms with van der Waals surface area (Å²) >= 11 is 14.8. The molecular formula is C26H25Cl2F2IN5O2P. The van der Waals surface area contributed by atoms with Gasteiger partial charge in [0.15, 0.2) is 11.5 Å². The molecule has 2 atom stereocenters. The molecule has 0 radical (unpaired) electrons. The second kappa shape index (κ2) is 11.5. The Balaban J connectivity index is 1.48. The molecule has 2 saturated heterocycles. The van der Waals surface area contributed by atoms with Gasteiger partial charge in [-0.2, -0.15) is 0 Å². The van der Waals surface area contributed by atoms with Gasteiger partial charge in [-0.25, -0.2) is 8.78 Å². The molecule has 7 nitrogen and oxygen atoms in total. The number of nitrogens with zero attached hydrogens (tertiary/aromatic N) is 2. The lowest BCUT2D eigenvalue weighted by molar-refractivity contribution is 0.119. The Labute approximate surface area is 249 Å². The first-order valence-corrected chi connectivity index (χ1v) is 16.9. The van der Waals surface area contributed by atoms with Gasteiger partial charge in [0.25, 0.3) is 0 Å². The summed E-state index contributed by atoms with van der Waals surface area (Å²) < 4.78 is 42.2. The molecule has 39 heavy (non-hydrogen) atoms. The van der Waals surface area contributed by atoms with Crippen LogP contribution in [0.1, 0.15) is 29.7 Å². The molecule has 2 fully saturated rings. The quantitative estimate of drug-likeness (QED) is 0.127. The van der Waals surface area contributed by atoms with Crippen molar-refractivity contribution in [2.75, 3.05) is 43.3 Å². The molecule has 1 spiro atoms. The summed E-state index contributed by atoms with van der Waals surface area (Å²) in [5, 5.41) is 16.0. The second-order valence-electron chi connectivity index (χ2n) is 9.67. The molecule has 1 aromatic heterocycles. The Morgan fingerprint density at radius 3 is 2.33 bits per heavy atom. The Morgan fingerprint density at radius 2 is 1.79 bits per heavy atom. The summed E-state index contributed by atoms with van der Waals surface area (Å²) in [5.74, 6) is -0.666. The lowest BCUT2D eigenvalue weighted by Crippen LogP contribution is -2.71. The highest BCUT2D eigenvalue weighted by Gasteiger charge is 2.48. The monoisotopic (exact) mass is 705 g/mol. The predicted molar refractivity (Wildman–Crippen MR) is 162 cm³/mol. The van der Waals surface area contributed by atoms with Gasteiger partial charge in [-0.15, -0.1) is 0 Å². The zero-order valence-electron chi connectivity index (χ0n) is 21.0. The number of aromatic nitrogens is 1. The minimum absolute atomic E-state index is 0.0464. The number of methoxy groups -OCH3 is 1. The van der Waals surface area contributed by atoms with E-state index < -0.39 is 17.7 Å². The van der Waals surface area contributed by atoms with Crippen molar-refractivity contribution in [3.63, 3.8) is 0 Å². The van der Waals surface area contributed by atoms with Crippen LogP contribution in [0.15, 0.2) is 36.7 Å². The van der Waals surface area contributed by atoms with Crippen LogP contribution in [-0.4, -0.2) is 44.0 Å². The molecule has 3 heterocycles. The molecule has 2 aliphatic heterocycles. The number of hydrogen-bond donors (Lipinski definition) is 3. The maximum Gasteiger partial charge on any atom is 0.162 e. The fourth-order valence-corrected chi connectivity index (χ4v) is 6.88. The molecule has 1 unspecified atom stereocenters. The van der Waals surface area contributed by atoms with E-state index >= 15 is 8.78 Å². The third-order valence-electron chi connectivity index (χ3n) is 7.03. The number of ether oxygens (including phenoxy) is 2. The van der Waals surface area contributed by atoms with Crippen molar-refractivity contribution in [1.29, 1.82) is 5.41 Å². The Hall–Kier alpha value is -1.98. The van der Waals surface area contributed by atoms with Crippen molar-refractivity contribution < 1.29 is 18.3 Å². The third kappa shape index (κ3) is 5.51. The van der Waals surface area contributed by atoms with E-state index in [-0.39, 0.29) is 28.8 Å². The highest BCUT2D eigenvalue weighted by molar-refractivity contribution is 14.2. The first-order valence-electron chi connectivity index (χ1n) is 12.0. The van der Waals surface area contributed by atoms with Crippen molar-refractivity contribution in [3.05, 3.63) is 75.0 Å². The smallest absolute Gasteiger partial charge is 0.162 e. The van der Waals surface area contributed by atoms with Crippen molar-refractivity contribution in [3.8, 4) is 11.5 Å². The van der Waals surface area contributed by atoms with Crippen LogP contribution in [0, 0.1) is 22.5 Å². The first-order chi connectivity index (χ1) is 18.7. The maximum absolute atomic E-state index is 15.2. The Bertz CT molecular complexity index is 1390. The Morgan fingerprint density at radius 1 is 1.15 bits per heavy atom. The second-order valence-corrected chi connectivity index (χ2v) is 12.5. The molecular weight excluding hydrogens is 681 g/mol. The summed E-state index contributed by atoms with van der Waals surface area (Å²) in [5.41, 5.74) is 1.62. The lowest BCUT2D eigenvalue weighted by atomic mass is 9.74. The van der Waals surface area contributed by atoms with Crippen LogP contribution in [0.4, 0.5) is 20.2 Å². The van der Waals surface area contributed by atoms with Crippen LogP contribution in [-0.2, 0) is 0 Å². The lowest BCUT2D eigenvalue weighted by Gasteiger charge is -2.57. The molecule has 206 valence electrons. The highest BCUT2D eigenvalue weighted by atomic mass is 127. The van der Waals surface area contributed by atoms with Crippen LogP contribution in [0.25, 0.3) is 0 Å². The van der Waals surface area contributed by atoms with Gasteiger partial charge in [0, 0.05) is 73.1 Å². The van der Waals surface area contributed by atoms with Gasteiger partial charge in [-0.1, -0.05) is 23.2 Å². The number of nitrogens with one attached hydrogen (secondary N) is 3. The van der Waals surface area contributed by atoms with Crippen LogP contribution < -0.4 is 24.8 Å². The SMILES string of the molecule is COc1cc(NPI)c(C(=N)c2cc(F)c(N3CC4(CNC4)C3)c(F)c2)cc1O[C@H](C)c1c(Cl)cncc1Cl. The number of anilines is 2. The topological polar surface area (TPSA) is 82.5 Å². The van der Waals surface area contributed by atoms with Gasteiger partial charge < -0.3 is 24.8 Å². The predicted octanol–water partition coefficient (Wildman–Crippen LogP) is 7.00. The Kier molecular flexibility index (Phi) is 8.41. The number of pyridine rings is 1. The zero-order chi connectivity index (χ0) is 27.9. The van der Waals surface area contributed by atoms with E-state index in [4.69, 9.17) is 38.1 Å². The number of rotatable bonds is 9. The summed E-state index contributed by atoms with van der Waals surface area (Å²) in [4.78, 5) is 5.70. The van der Waals surface area contributed by atoms with Gasteiger partial charge in [0.2, 0.25) is 0 Å². The van der Waals surface area contributed by atoms with Gasteiger partial charge in [-0.05, 0) is 47.2 Å². The fourth-order valence-electron chi connectivity index (χ4n) is 5.02. The molecule has 2 aromatic carbocycles. The largest absolute Gasteiger partial charge is 0.493 e. The molecule has 5 rings (SSSR count). The van der Waals surface area contributed by atoms with Gasteiger partial charge in [0.05, 0.1) is 28.6 Å². The first kappa shape index (κ1) is 28.5. The third-order valence-corrected chi connectivity index (χ3v) is 8.81. The van der Waals surface area contributed by atoms with E-state index in [0.29, 0.717) is 51.4 Å². The van der Waals surface area contributed by atoms with Gasteiger partial charge in [-0.3, -0.25) is 10.4 Å². The molecule has 3 aromatic rings. The minimum atomic E-state index is -0.692. The van der Waals surface area contributed by atoms with Crippen LogP contribution in [0.3, 0.4) is 0 Å². The molecule has 2 aliphatic rings. The highest BCUT2D eigenvalue weighted by Crippen LogP contribution is 2.42. The molecule has 0 saturated carbocycles. The van der Waals surface area contributed by atoms with Crippen LogP contribution in [0.2, 0.25) is 10.0 Å². The molecule has 13 heteroatoms. The summed E-state index contributed by atoms with van der Waals surface area (Å²) in [6.07, 6.45) is 2.63. The summed E-state index contributed by atoms with van der Waals surface area (Å²) in [6.45, 7) is 4.72. The average Bonchev–Trinajstić information content (AvgIpc) is 2.83. The molecule has 0 aliphatic carbocycles. The summed E-state index contributed by atoms with van der Waals surface area (Å²) in [6, 6.07) is 5.74. The number of benzene rings is 2. The normalized spacial score (nSPS) is 16.6. The average molecular weight is 706 g/mol. The molecule has 0 bridgehead atoms. The maximum atomic E-state index is 15.2. The molecule has 0 amide bonds. The van der Waals surface area contributed by atoms with Crippen molar-refractivity contribution >= 4 is 68.7 Å². The minimum Gasteiger partial charge on any atom is -0.493 e. The zero-order valence-corrected chi connectivity index (χ0v) is 25.6. The van der Waals surface area contributed by atoms with Crippen LogP contribution >= 0.6 is 51.6 Å². The fraction of sp³-hybridized carbons (Fsp3) is 0.308. The van der Waals surface area contributed by atoms with E-state index in [1.165, 1.54) is 31.6 Å². The van der Waals surface area contributed by atoms with Crippen LogP contribution in [0.5, 0.6) is 11.5 Å². The van der Waals surface area contributed by atoms with Gasteiger partial charge >= 0.3 is 0 Å².